The zero-order valence-electron chi connectivity index (χ0n) is 14.6. The van der Waals surface area contributed by atoms with Gasteiger partial charge in [0.2, 0.25) is 5.75 Å². The number of ketones is 1. The first-order valence-electron chi connectivity index (χ1n) is 7.76. The lowest BCUT2D eigenvalue weighted by atomic mass is 9.99. The van der Waals surface area contributed by atoms with Crippen molar-refractivity contribution in [2.45, 2.75) is 0 Å². The summed E-state index contributed by atoms with van der Waals surface area (Å²) in [5.41, 5.74) is 8.03. The first kappa shape index (κ1) is 17.8. The molecule has 0 atom stereocenters. The first-order chi connectivity index (χ1) is 12.6. The van der Waals surface area contributed by atoms with E-state index in [1.807, 2.05) is 6.07 Å². The summed E-state index contributed by atoms with van der Waals surface area (Å²) in [5.74, 6) is 1.19. The Bertz CT molecular complexity index is 938. The Labute approximate surface area is 155 Å². The van der Waals surface area contributed by atoms with Crippen LogP contribution in [0.5, 0.6) is 17.2 Å². The Hall–Kier alpha value is -3.06. The molecule has 6 nitrogen and oxygen atoms in total. The molecule has 0 saturated carbocycles. The zero-order chi connectivity index (χ0) is 18.7. The minimum atomic E-state index is -0.191. The van der Waals surface area contributed by atoms with Gasteiger partial charge in [-0.05, 0) is 23.7 Å². The lowest BCUT2D eigenvalue weighted by molar-refractivity contribution is 0.104. The van der Waals surface area contributed by atoms with Crippen LogP contribution in [0.25, 0.3) is 11.3 Å². The minimum Gasteiger partial charge on any atom is -0.493 e. The number of benzene rings is 2. The molecule has 2 N–H and O–H groups in total. The van der Waals surface area contributed by atoms with Crippen LogP contribution in [0.15, 0.2) is 42.5 Å². The van der Waals surface area contributed by atoms with Crippen molar-refractivity contribution in [1.29, 1.82) is 0 Å². The maximum Gasteiger partial charge on any atom is 0.203 e. The number of nitrogens with two attached hydrogens (primary N) is 1. The van der Waals surface area contributed by atoms with Crippen LogP contribution in [0.1, 0.15) is 15.9 Å². The van der Waals surface area contributed by atoms with E-state index < -0.39 is 0 Å². The van der Waals surface area contributed by atoms with Crippen molar-refractivity contribution in [3.63, 3.8) is 0 Å². The Balaban J connectivity index is 2.20. The number of ether oxygens (including phenoxy) is 3. The van der Waals surface area contributed by atoms with Gasteiger partial charge in [0.25, 0.3) is 0 Å². The van der Waals surface area contributed by atoms with Gasteiger partial charge in [0.1, 0.15) is 10.7 Å². The van der Waals surface area contributed by atoms with E-state index in [0.717, 1.165) is 11.5 Å². The molecule has 1 aromatic heterocycles. The van der Waals surface area contributed by atoms with Gasteiger partial charge in [-0.15, -0.1) is 0 Å². The van der Waals surface area contributed by atoms with Crippen LogP contribution in [0.4, 0.5) is 5.00 Å². The predicted octanol–water partition coefficient (Wildman–Crippen LogP) is 3.65. The van der Waals surface area contributed by atoms with Crippen LogP contribution >= 0.6 is 11.5 Å². The molecule has 1 heterocycles. The quantitative estimate of drug-likeness (QED) is 0.667. The van der Waals surface area contributed by atoms with Crippen molar-refractivity contribution in [2.24, 2.45) is 0 Å². The van der Waals surface area contributed by atoms with Gasteiger partial charge in [0, 0.05) is 11.1 Å². The van der Waals surface area contributed by atoms with Crippen molar-refractivity contribution in [3.05, 3.63) is 53.6 Å². The number of hydrogen-bond donors (Lipinski definition) is 1. The molecule has 0 bridgehead atoms. The first-order valence-corrected chi connectivity index (χ1v) is 8.53. The summed E-state index contributed by atoms with van der Waals surface area (Å²) in [5, 5.41) is 0.352. The molecule has 3 aromatic rings. The number of rotatable bonds is 6. The normalized spacial score (nSPS) is 10.4. The highest BCUT2D eigenvalue weighted by atomic mass is 32.1. The Morgan fingerprint density at radius 3 is 2.27 bits per heavy atom. The third-order valence-corrected chi connectivity index (χ3v) is 4.62. The highest BCUT2D eigenvalue weighted by Crippen LogP contribution is 2.46. The highest BCUT2D eigenvalue weighted by molar-refractivity contribution is 7.10. The van der Waals surface area contributed by atoms with Crippen LogP contribution in [0, 0.1) is 0 Å². The van der Waals surface area contributed by atoms with Gasteiger partial charge in [0.05, 0.1) is 26.9 Å². The Morgan fingerprint density at radius 1 is 0.962 bits per heavy atom. The summed E-state index contributed by atoms with van der Waals surface area (Å²) in [7, 11) is 4.59. The number of nitrogen functional groups attached to an aromatic ring is 1. The second kappa shape index (κ2) is 7.45. The van der Waals surface area contributed by atoms with E-state index in [-0.39, 0.29) is 5.78 Å². The van der Waals surface area contributed by atoms with Crippen LogP contribution < -0.4 is 19.9 Å². The summed E-state index contributed by atoms with van der Waals surface area (Å²) >= 11 is 1.07. The number of carbonyl (C=O) groups excluding carboxylic acids is 1. The molecule has 0 aliphatic rings. The van der Waals surface area contributed by atoms with Crippen molar-refractivity contribution in [3.8, 4) is 28.5 Å². The van der Waals surface area contributed by atoms with Gasteiger partial charge in [-0.1, -0.05) is 30.3 Å². The summed E-state index contributed by atoms with van der Waals surface area (Å²) in [4.78, 5) is 13.0. The molecule has 2 aromatic carbocycles. The number of aromatic nitrogens is 1. The number of nitrogens with zero attached hydrogens (tertiary/aromatic N) is 1. The molecule has 0 saturated heterocycles. The Kier molecular flexibility index (Phi) is 5.09. The second-order valence-electron chi connectivity index (χ2n) is 5.35. The molecule has 0 amide bonds. The summed E-state index contributed by atoms with van der Waals surface area (Å²) in [6, 6.07) is 12.5. The lowest BCUT2D eigenvalue weighted by Gasteiger charge is -2.15. The Morgan fingerprint density at radius 2 is 1.65 bits per heavy atom. The molecular formula is C19H18N2O4S. The fourth-order valence-corrected chi connectivity index (χ4v) is 3.39. The average molecular weight is 370 g/mol. The molecule has 0 radical (unpaired) electrons. The fourth-order valence-electron chi connectivity index (χ4n) is 2.73. The molecule has 0 aliphatic carbocycles. The molecule has 0 spiro atoms. The standard InChI is InChI=1S/C19H18N2O4S/c1-23-13-10-9-12(17(24-2)18(13)25-3)15-14(19(20)26-21-15)16(22)11-7-5-4-6-8-11/h4-10H,20H2,1-3H3. The van der Waals surface area contributed by atoms with Gasteiger partial charge >= 0.3 is 0 Å². The number of methoxy groups -OCH3 is 3. The minimum absolute atomic E-state index is 0.191. The molecule has 0 unspecified atom stereocenters. The predicted molar refractivity (Wildman–Crippen MR) is 101 cm³/mol. The summed E-state index contributed by atoms with van der Waals surface area (Å²) in [6.07, 6.45) is 0. The third-order valence-electron chi connectivity index (χ3n) is 3.94. The molecule has 3 rings (SSSR count). The smallest absolute Gasteiger partial charge is 0.203 e. The molecule has 26 heavy (non-hydrogen) atoms. The maximum atomic E-state index is 13.0. The van der Waals surface area contributed by atoms with E-state index >= 15 is 0 Å². The van der Waals surface area contributed by atoms with Crippen molar-refractivity contribution < 1.29 is 19.0 Å². The number of anilines is 1. The van der Waals surface area contributed by atoms with Crippen LogP contribution in [-0.4, -0.2) is 31.5 Å². The van der Waals surface area contributed by atoms with Gasteiger partial charge in [-0.3, -0.25) is 4.79 Å². The molecule has 0 aliphatic heterocycles. The third kappa shape index (κ3) is 2.97. The lowest BCUT2D eigenvalue weighted by Crippen LogP contribution is -2.05. The topological polar surface area (TPSA) is 83.7 Å². The SMILES string of the molecule is COc1ccc(-c2nsc(N)c2C(=O)c2ccccc2)c(OC)c1OC. The van der Waals surface area contributed by atoms with Gasteiger partial charge < -0.3 is 19.9 Å². The van der Waals surface area contributed by atoms with E-state index in [1.165, 1.54) is 14.2 Å². The fraction of sp³-hybridized carbons (Fsp3) is 0.158. The van der Waals surface area contributed by atoms with Crippen molar-refractivity contribution in [2.75, 3.05) is 27.1 Å². The number of carbonyl (C=O) groups is 1. The highest BCUT2D eigenvalue weighted by Gasteiger charge is 2.26. The van der Waals surface area contributed by atoms with Gasteiger partial charge in [-0.2, -0.15) is 4.37 Å². The summed E-state index contributed by atoms with van der Waals surface area (Å²) in [6.45, 7) is 0. The molecule has 0 fully saturated rings. The number of hydrogen-bond acceptors (Lipinski definition) is 7. The maximum absolute atomic E-state index is 13.0. The van der Waals surface area contributed by atoms with Crippen molar-refractivity contribution >= 4 is 22.3 Å². The molecule has 134 valence electrons. The van der Waals surface area contributed by atoms with Crippen molar-refractivity contribution in [1.82, 2.24) is 4.37 Å². The van der Waals surface area contributed by atoms with Crippen LogP contribution in [-0.2, 0) is 0 Å². The van der Waals surface area contributed by atoms with E-state index in [9.17, 15) is 4.79 Å². The second-order valence-corrected chi connectivity index (χ2v) is 6.15. The van der Waals surface area contributed by atoms with Gasteiger partial charge in [-0.25, -0.2) is 0 Å². The van der Waals surface area contributed by atoms with Crippen LogP contribution in [0.2, 0.25) is 0 Å². The average Bonchev–Trinajstić information content (AvgIpc) is 3.07. The van der Waals surface area contributed by atoms with Crippen LogP contribution in [0.3, 0.4) is 0 Å². The molecular weight excluding hydrogens is 352 g/mol. The summed E-state index contributed by atoms with van der Waals surface area (Å²) < 4.78 is 20.6. The van der Waals surface area contributed by atoms with E-state index in [2.05, 4.69) is 4.37 Å². The monoisotopic (exact) mass is 370 g/mol. The largest absolute Gasteiger partial charge is 0.493 e. The molecule has 7 heteroatoms. The van der Waals surface area contributed by atoms with Gasteiger partial charge in [0.15, 0.2) is 17.3 Å². The zero-order valence-corrected chi connectivity index (χ0v) is 15.4. The van der Waals surface area contributed by atoms with E-state index in [1.54, 1.807) is 43.5 Å². The van der Waals surface area contributed by atoms with E-state index in [4.69, 9.17) is 19.9 Å². The van der Waals surface area contributed by atoms with E-state index in [0.29, 0.717) is 44.6 Å².